The summed E-state index contributed by atoms with van der Waals surface area (Å²) in [5, 5.41) is 3.47. The molecule has 5 rings (SSSR count). The van der Waals surface area contributed by atoms with Gasteiger partial charge in [-0.2, -0.15) is 0 Å². The minimum absolute atomic E-state index is 0.0368. The van der Waals surface area contributed by atoms with Crippen LogP contribution in [-0.2, 0) is 16.6 Å². The van der Waals surface area contributed by atoms with E-state index in [2.05, 4.69) is 10.3 Å². The number of amides is 1. The third-order valence-corrected chi connectivity index (χ3v) is 7.32. The summed E-state index contributed by atoms with van der Waals surface area (Å²) in [5.74, 6) is -0.712. The summed E-state index contributed by atoms with van der Waals surface area (Å²) in [4.78, 5) is 16.9. The van der Waals surface area contributed by atoms with Gasteiger partial charge < -0.3 is 5.32 Å². The molecule has 6 nitrogen and oxygen atoms in total. The Labute approximate surface area is 201 Å². The molecule has 5 aromatic rings. The number of benzene rings is 3. The molecule has 0 fully saturated rings. The lowest BCUT2D eigenvalue weighted by Crippen LogP contribution is -2.23. The van der Waals surface area contributed by atoms with Gasteiger partial charge in [-0.15, -0.1) is 0 Å². The maximum Gasteiger partial charge on any atom is 0.269 e. The molecule has 0 aliphatic carbocycles. The van der Waals surface area contributed by atoms with Crippen molar-refractivity contribution in [1.82, 2.24) is 14.3 Å². The van der Waals surface area contributed by atoms with Gasteiger partial charge in [-0.05, 0) is 59.7 Å². The lowest BCUT2D eigenvalue weighted by molar-refractivity contribution is 0.0951. The molecule has 2 heterocycles. The highest BCUT2D eigenvalue weighted by molar-refractivity contribution is 7.90. The Morgan fingerprint density at radius 3 is 2.31 bits per heavy atom. The Hall–Kier alpha value is -4.30. The summed E-state index contributed by atoms with van der Waals surface area (Å²) in [6, 6.07) is 24.7. The van der Waals surface area contributed by atoms with E-state index in [4.69, 9.17) is 0 Å². The second-order valence-electron chi connectivity index (χ2n) is 7.92. The number of carbonyl (C=O) groups excluding carboxylic acids is 1. The molecule has 0 atom stereocenters. The molecule has 1 N–H and O–H groups in total. The van der Waals surface area contributed by atoms with Gasteiger partial charge in [0, 0.05) is 35.5 Å². The maximum atomic E-state index is 13.5. The SMILES string of the molecule is O=C(NCc1ccc(F)cc1)c1ccc(S(=O)(=O)n2cc(-c3ccccc3)c3cccnc32)cc1. The van der Waals surface area contributed by atoms with Gasteiger partial charge in [-0.3, -0.25) is 4.79 Å². The molecule has 2 aromatic heterocycles. The number of pyridine rings is 1. The predicted molar refractivity (Wildman–Crippen MR) is 132 cm³/mol. The van der Waals surface area contributed by atoms with E-state index in [0.717, 1.165) is 22.1 Å². The van der Waals surface area contributed by atoms with E-state index in [1.807, 2.05) is 36.4 Å². The average Bonchev–Trinajstić information content (AvgIpc) is 3.29. The number of halogens is 1. The Balaban J connectivity index is 1.42. The number of hydrogen-bond donors (Lipinski definition) is 1. The Morgan fingerprint density at radius 1 is 0.886 bits per heavy atom. The van der Waals surface area contributed by atoms with Crippen molar-refractivity contribution in [2.45, 2.75) is 11.4 Å². The minimum Gasteiger partial charge on any atom is -0.348 e. The molecular weight excluding hydrogens is 465 g/mol. The third-order valence-electron chi connectivity index (χ3n) is 5.66. The Kier molecular flexibility index (Phi) is 5.88. The number of rotatable bonds is 6. The zero-order chi connectivity index (χ0) is 24.4. The first kappa shape index (κ1) is 22.5. The van der Waals surface area contributed by atoms with Crippen LogP contribution < -0.4 is 5.32 Å². The topological polar surface area (TPSA) is 81.1 Å². The van der Waals surface area contributed by atoms with Crippen molar-refractivity contribution in [1.29, 1.82) is 0 Å². The zero-order valence-corrected chi connectivity index (χ0v) is 19.2. The fraction of sp³-hybridized carbons (Fsp3) is 0.0370. The van der Waals surface area contributed by atoms with E-state index < -0.39 is 10.0 Å². The van der Waals surface area contributed by atoms with Crippen LogP contribution in [0.15, 0.2) is 108 Å². The molecule has 0 saturated carbocycles. The van der Waals surface area contributed by atoms with Gasteiger partial charge in [-0.25, -0.2) is 21.8 Å². The second kappa shape index (κ2) is 9.15. The Morgan fingerprint density at radius 2 is 1.60 bits per heavy atom. The molecule has 0 saturated heterocycles. The highest BCUT2D eigenvalue weighted by atomic mass is 32.2. The third kappa shape index (κ3) is 4.43. The first-order valence-electron chi connectivity index (χ1n) is 10.8. The summed E-state index contributed by atoms with van der Waals surface area (Å²) in [6.45, 7) is 0.225. The summed E-state index contributed by atoms with van der Waals surface area (Å²) in [5.41, 5.74) is 3.03. The van der Waals surface area contributed by atoms with Crippen LogP contribution >= 0.6 is 0 Å². The van der Waals surface area contributed by atoms with Crippen LogP contribution in [0.25, 0.3) is 22.2 Å². The average molecular weight is 486 g/mol. The predicted octanol–water partition coefficient (Wildman–Crippen LogP) is 5.01. The van der Waals surface area contributed by atoms with E-state index in [1.54, 1.807) is 30.6 Å². The lowest BCUT2D eigenvalue weighted by atomic mass is 10.1. The highest BCUT2D eigenvalue weighted by Gasteiger charge is 2.23. The van der Waals surface area contributed by atoms with Crippen LogP contribution in [0.1, 0.15) is 15.9 Å². The van der Waals surface area contributed by atoms with Gasteiger partial charge in [0.05, 0.1) is 4.90 Å². The zero-order valence-electron chi connectivity index (χ0n) is 18.4. The van der Waals surface area contributed by atoms with Crippen molar-refractivity contribution in [2.24, 2.45) is 0 Å². The van der Waals surface area contributed by atoms with Gasteiger partial charge in [0.1, 0.15) is 5.82 Å². The molecule has 1 amide bonds. The minimum atomic E-state index is -3.97. The van der Waals surface area contributed by atoms with E-state index in [-0.39, 0.29) is 23.2 Å². The number of nitrogens with zero attached hydrogens (tertiary/aromatic N) is 2. The summed E-state index contributed by atoms with van der Waals surface area (Å²) in [6.07, 6.45) is 3.13. The van der Waals surface area contributed by atoms with Crippen molar-refractivity contribution in [2.75, 3.05) is 0 Å². The van der Waals surface area contributed by atoms with Crippen molar-refractivity contribution in [3.05, 3.63) is 120 Å². The molecular formula is C27H20FN3O3S. The monoisotopic (exact) mass is 485 g/mol. The van der Waals surface area contributed by atoms with E-state index in [1.165, 1.54) is 40.4 Å². The van der Waals surface area contributed by atoms with Crippen LogP contribution in [-0.4, -0.2) is 23.3 Å². The molecule has 0 bridgehead atoms. The maximum absolute atomic E-state index is 13.5. The van der Waals surface area contributed by atoms with Gasteiger partial charge in [0.2, 0.25) is 0 Å². The van der Waals surface area contributed by atoms with Gasteiger partial charge in [-0.1, -0.05) is 42.5 Å². The lowest BCUT2D eigenvalue weighted by Gasteiger charge is -2.09. The van der Waals surface area contributed by atoms with Crippen LogP contribution in [0, 0.1) is 5.82 Å². The summed E-state index contributed by atoms with van der Waals surface area (Å²) < 4.78 is 41.2. The number of nitrogens with one attached hydrogen (secondary N) is 1. The summed E-state index contributed by atoms with van der Waals surface area (Å²) in [7, 11) is -3.97. The van der Waals surface area contributed by atoms with Crippen molar-refractivity contribution >= 4 is 27.0 Å². The molecule has 3 aromatic carbocycles. The van der Waals surface area contributed by atoms with Crippen LogP contribution in [0.4, 0.5) is 4.39 Å². The first-order valence-corrected chi connectivity index (χ1v) is 12.3. The molecule has 174 valence electrons. The molecule has 0 radical (unpaired) electrons. The molecule has 8 heteroatoms. The fourth-order valence-electron chi connectivity index (χ4n) is 3.84. The highest BCUT2D eigenvalue weighted by Crippen LogP contribution is 2.31. The second-order valence-corrected chi connectivity index (χ2v) is 9.73. The van der Waals surface area contributed by atoms with Crippen LogP contribution in [0.5, 0.6) is 0 Å². The standard InChI is InChI=1S/C27H20FN3O3S/c28-22-12-8-19(9-13-22)17-30-27(32)21-10-14-23(15-11-21)35(33,34)31-18-25(20-5-2-1-3-6-20)24-7-4-16-29-26(24)31/h1-16,18H,17H2,(H,30,32). The fourth-order valence-corrected chi connectivity index (χ4v) is 5.16. The van der Waals surface area contributed by atoms with E-state index in [0.29, 0.717) is 11.2 Å². The normalized spacial score (nSPS) is 11.5. The van der Waals surface area contributed by atoms with Crippen LogP contribution in [0.2, 0.25) is 0 Å². The molecule has 35 heavy (non-hydrogen) atoms. The molecule has 0 unspecified atom stereocenters. The smallest absolute Gasteiger partial charge is 0.269 e. The molecule has 0 spiro atoms. The largest absolute Gasteiger partial charge is 0.348 e. The van der Waals surface area contributed by atoms with E-state index in [9.17, 15) is 17.6 Å². The van der Waals surface area contributed by atoms with Crippen molar-refractivity contribution < 1.29 is 17.6 Å². The quantitative estimate of drug-likeness (QED) is 0.367. The molecule has 0 aliphatic heterocycles. The molecule has 0 aliphatic rings. The van der Waals surface area contributed by atoms with Crippen molar-refractivity contribution in [3.63, 3.8) is 0 Å². The van der Waals surface area contributed by atoms with Gasteiger partial charge in [0.25, 0.3) is 15.9 Å². The van der Waals surface area contributed by atoms with Crippen LogP contribution in [0.3, 0.4) is 0 Å². The number of fused-ring (bicyclic) bond motifs is 1. The number of aromatic nitrogens is 2. The first-order chi connectivity index (χ1) is 16.9. The van der Waals surface area contributed by atoms with Gasteiger partial charge in [0.15, 0.2) is 5.65 Å². The van der Waals surface area contributed by atoms with Crippen molar-refractivity contribution in [3.8, 4) is 11.1 Å². The summed E-state index contributed by atoms with van der Waals surface area (Å²) >= 11 is 0. The number of hydrogen-bond acceptors (Lipinski definition) is 4. The van der Waals surface area contributed by atoms with Gasteiger partial charge >= 0.3 is 0 Å². The Bertz CT molecular complexity index is 1610. The van der Waals surface area contributed by atoms with E-state index >= 15 is 0 Å². The number of carbonyl (C=O) groups is 1.